The summed E-state index contributed by atoms with van der Waals surface area (Å²) in [6.45, 7) is 2.76. The zero-order chi connectivity index (χ0) is 14.2. The predicted molar refractivity (Wildman–Crippen MR) is 79.8 cm³/mol. The summed E-state index contributed by atoms with van der Waals surface area (Å²) in [6, 6.07) is 0.285. The first-order valence-electron chi connectivity index (χ1n) is 7.66. The van der Waals surface area contributed by atoms with E-state index in [-0.39, 0.29) is 11.9 Å². The van der Waals surface area contributed by atoms with Gasteiger partial charge in [0.2, 0.25) is 0 Å². The van der Waals surface area contributed by atoms with Crippen LogP contribution < -0.4 is 10.6 Å². The van der Waals surface area contributed by atoms with Crippen molar-refractivity contribution in [2.24, 2.45) is 0 Å². The molecule has 5 heteroatoms. The van der Waals surface area contributed by atoms with Crippen molar-refractivity contribution < 1.29 is 4.79 Å². The van der Waals surface area contributed by atoms with Gasteiger partial charge in [-0.25, -0.2) is 4.98 Å². The van der Waals surface area contributed by atoms with Crippen LogP contribution in [-0.4, -0.2) is 28.5 Å². The normalized spacial score (nSPS) is 17.1. The van der Waals surface area contributed by atoms with Gasteiger partial charge < -0.3 is 10.6 Å². The topological polar surface area (TPSA) is 66.9 Å². The molecule has 0 aliphatic heterocycles. The quantitative estimate of drug-likeness (QED) is 0.887. The van der Waals surface area contributed by atoms with Crippen LogP contribution in [0.2, 0.25) is 0 Å². The number of nitrogens with one attached hydrogen (secondary N) is 2. The van der Waals surface area contributed by atoms with Crippen molar-refractivity contribution in [1.82, 2.24) is 15.3 Å². The van der Waals surface area contributed by atoms with Gasteiger partial charge in [0.1, 0.15) is 11.5 Å². The first-order valence-corrected chi connectivity index (χ1v) is 7.66. The molecular weight excluding hydrogens is 252 g/mol. The number of anilines is 1. The zero-order valence-electron chi connectivity index (χ0n) is 12.2. The lowest BCUT2D eigenvalue weighted by Gasteiger charge is -2.20. The third-order valence-electron chi connectivity index (χ3n) is 3.67. The SMILES string of the molecule is CCNc1cncc(C(=O)NC2CCCCCCC2)n1. The molecule has 0 bridgehead atoms. The molecule has 0 atom stereocenters. The molecule has 0 radical (unpaired) electrons. The number of aromatic nitrogens is 2. The average Bonchev–Trinajstić information content (AvgIpc) is 2.42. The Hall–Kier alpha value is -1.65. The van der Waals surface area contributed by atoms with Gasteiger partial charge in [-0.05, 0) is 19.8 Å². The summed E-state index contributed by atoms with van der Waals surface area (Å²) in [5.74, 6) is 0.542. The van der Waals surface area contributed by atoms with Crippen molar-refractivity contribution in [2.45, 2.75) is 57.9 Å². The van der Waals surface area contributed by atoms with E-state index in [4.69, 9.17) is 0 Å². The molecule has 1 fully saturated rings. The van der Waals surface area contributed by atoms with Gasteiger partial charge in [0.25, 0.3) is 5.91 Å². The summed E-state index contributed by atoms with van der Waals surface area (Å²) in [7, 11) is 0. The second kappa shape index (κ2) is 7.82. The molecule has 2 rings (SSSR count). The van der Waals surface area contributed by atoms with E-state index in [2.05, 4.69) is 20.6 Å². The van der Waals surface area contributed by atoms with E-state index in [0.717, 1.165) is 19.4 Å². The van der Waals surface area contributed by atoms with Crippen LogP contribution >= 0.6 is 0 Å². The minimum Gasteiger partial charge on any atom is -0.369 e. The second-order valence-electron chi connectivity index (χ2n) is 5.34. The Morgan fingerprint density at radius 3 is 2.60 bits per heavy atom. The molecule has 1 heterocycles. The van der Waals surface area contributed by atoms with Crippen LogP contribution in [0.25, 0.3) is 0 Å². The molecule has 5 nitrogen and oxygen atoms in total. The first-order chi connectivity index (χ1) is 9.79. The summed E-state index contributed by atoms with van der Waals surface area (Å²) in [6.07, 6.45) is 11.6. The van der Waals surface area contributed by atoms with Crippen molar-refractivity contribution in [3.05, 3.63) is 18.1 Å². The molecule has 1 aromatic heterocycles. The highest BCUT2D eigenvalue weighted by molar-refractivity contribution is 5.92. The summed E-state index contributed by atoms with van der Waals surface area (Å²) in [4.78, 5) is 20.6. The highest BCUT2D eigenvalue weighted by Gasteiger charge is 2.16. The predicted octanol–water partition coefficient (Wildman–Crippen LogP) is 2.75. The standard InChI is InChI=1S/C15H24N4O/c1-2-17-14-11-16-10-13(19-14)15(20)18-12-8-6-4-3-5-7-9-12/h10-12H,2-9H2,1H3,(H,17,19)(H,18,20). The largest absolute Gasteiger partial charge is 0.369 e. The molecule has 2 N–H and O–H groups in total. The molecule has 20 heavy (non-hydrogen) atoms. The number of carbonyl (C=O) groups is 1. The first kappa shape index (κ1) is 14.8. The number of nitrogens with zero attached hydrogens (tertiary/aromatic N) is 2. The lowest BCUT2D eigenvalue weighted by molar-refractivity contribution is 0.0925. The molecular formula is C15H24N4O. The van der Waals surface area contributed by atoms with Crippen LogP contribution in [0.1, 0.15) is 62.4 Å². The van der Waals surface area contributed by atoms with Crippen molar-refractivity contribution in [3.63, 3.8) is 0 Å². The Kier molecular flexibility index (Phi) is 5.77. The molecule has 1 aliphatic carbocycles. The van der Waals surface area contributed by atoms with E-state index < -0.39 is 0 Å². The molecule has 110 valence electrons. The Labute approximate surface area is 120 Å². The van der Waals surface area contributed by atoms with Crippen molar-refractivity contribution in [3.8, 4) is 0 Å². The van der Waals surface area contributed by atoms with Crippen LogP contribution in [0, 0.1) is 0 Å². The number of carbonyl (C=O) groups excluding carboxylic acids is 1. The van der Waals surface area contributed by atoms with Gasteiger partial charge in [0.05, 0.1) is 12.4 Å². The van der Waals surface area contributed by atoms with E-state index in [0.29, 0.717) is 11.5 Å². The van der Waals surface area contributed by atoms with Crippen molar-refractivity contribution >= 4 is 11.7 Å². The summed E-state index contributed by atoms with van der Waals surface area (Å²) in [5.41, 5.74) is 0.394. The molecule has 1 aromatic rings. The molecule has 0 saturated heterocycles. The summed E-state index contributed by atoms with van der Waals surface area (Å²) < 4.78 is 0. The monoisotopic (exact) mass is 276 g/mol. The fourth-order valence-corrected chi connectivity index (χ4v) is 2.60. The highest BCUT2D eigenvalue weighted by Crippen LogP contribution is 2.17. The number of amides is 1. The fraction of sp³-hybridized carbons (Fsp3) is 0.667. The average molecular weight is 276 g/mol. The smallest absolute Gasteiger partial charge is 0.271 e. The molecule has 1 saturated carbocycles. The summed E-state index contributed by atoms with van der Waals surface area (Å²) in [5, 5.41) is 6.17. The van der Waals surface area contributed by atoms with Gasteiger partial charge in [0.15, 0.2) is 0 Å². The van der Waals surface area contributed by atoms with Gasteiger partial charge in [-0.3, -0.25) is 9.78 Å². The lowest BCUT2D eigenvalue weighted by atomic mass is 9.96. The van der Waals surface area contributed by atoms with Crippen LogP contribution in [0.4, 0.5) is 5.82 Å². The van der Waals surface area contributed by atoms with Crippen LogP contribution in [-0.2, 0) is 0 Å². The van der Waals surface area contributed by atoms with E-state index in [1.165, 1.54) is 38.3 Å². The van der Waals surface area contributed by atoms with E-state index >= 15 is 0 Å². The Morgan fingerprint density at radius 1 is 1.20 bits per heavy atom. The maximum absolute atomic E-state index is 12.2. The third kappa shape index (κ3) is 4.47. The van der Waals surface area contributed by atoms with Gasteiger partial charge >= 0.3 is 0 Å². The van der Waals surface area contributed by atoms with Gasteiger partial charge in [-0.15, -0.1) is 0 Å². The maximum Gasteiger partial charge on any atom is 0.271 e. The molecule has 1 aliphatic rings. The molecule has 0 spiro atoms. The van der Waals surface area contributed by atoms with Gasteiger partial charge in [0, 0.05) is 12.6 Å². The minimum absolute atomic E-state index is 0.108. The minimum atomic E-state index is -0.108. The number of rotatable bonds is 4. The Balaban J connectivity index is 1.94. The van der Waals surface area contributed by atoms with Gasteiger partial charge in [-0.1, -0.05) is 32.1 Å². The lowest BCUT2D eigenvalue weighted by Crippen LogP contribution is -2.35. The molecule has 0 unspecified atom stereocenters. The molecule has 1 amide bonds. The van der Waals surface area contributed by atoms with Crippen molar-refractivity contribution in [2.75, 3.05) is 11.9 Å². The third-order valence-corrected chi connectivity index (χ3v) is 3.67. The van der Waals surface area contributed by atoms with E-state index in [9.17, 15) is 4.79 Å². The van der Waals surface area contributed by atoms with Crippen LogP contribution in [0.15, 0.2) is 12.4 Å². The zero-order valence-corrected chi connectivity index (χ0v) is 12.2. The Morgan fingerprint density at radius 2 is 1.90 bits per heavy atom. The number of hydrogen-bond acceptors (Lipinski definition) is 4. The second-order valence-corrected chi connectivity index (χ2v) is 5.34. The van der Waals surface area contributed by atoms with E-state index in [1.54, 1.807) is 6.20 Å². The van der Waals surface area contributed by atoms with Crippen LogP contribution in [0.5, 0.6) is 0 Å². The maximum atomic E-state index is 12.2. The van der Waals surface area contributed by atoms with Crippen molar-refractivity contribution in [1.29, 1.82) is 0 Å². The Bertz CT molecular complexity index is 428. The molecule has 0 aromatic carbocycles. The highest BCUT2D eigenvalue weighted by atomic mass is 16.1. The van der Waals surface area contributed by atoms with E-state index in [1.807, 2.05) is 6.92 Å². The fourth-order valence-electron chi connectivity index (χ4n) is 2.60. The van der Waals surface area contributed by atoms with Gasteiger partial charge in [-0.2, -0.15) is 0 Å². The number of hydrogen-bond donors (Lipinski definition) is 2. The summed E-state index contributed by atoms with van der Waals surface area (Å²) >= 11 is 0. The van der Waals surface area contributed by atoms with Crippen LogP contribution in [0.3, 0.4) is 0 Å².